The topological polar surface area (TPSA) is 65.1 Å². The number of rotatable bonds is 5. The van der Waals surface area contributed by atoms with Gasteiger partial charge in [-0.05, 0) is 36.1 Å². The molecule has 5 rings (SSSR count). The average Bonchev–Trinajstić information content (AvgIpc) is 3.15. The van der Waals surface area contributed by atoms with Crippen LogP contribution in [0.25, 0.3) is 0 Å². The molecule has 37 heavy (non-hydrogen) atoms. The Bertz CT molecular complexity index is 1100. The zero-order valence-electron chi connectivity index (χ0n) is 22.1. The van der Waals surface area contributed by atoms with Crippen molar-refractivity contribution in [3.63, 3.8) is 0 Å². The highest BCUT2D eigenvalue weighted by atomic mass is 35.5. The fourth-order valence-corrected chi connectivity index (χ4v) is 5.76. The van der Waals surface area contributed by atoms with Crippen molar-refractivity contribution in [3.05, 3.63) is 65.2 Å². The minimum atomic E-state index is -0.331. The third-order valence-electron chi connectivity index (χ3n) is 7.74. The van der Waals surface area contributed by atoms with Crippen LogP contribution in [0.15, 0.2) is 48.5 Å². The number of amides is 2. The first-order valence-electron chi connectivity index (χ1n) is 13.1. The maximum absolute atomic E-state index is 13.8. The normalized spacial score (nSPS) is 23.3. The van der Waals surface area contributed by atoms with Crippen LogP contribution in [0.1, 0.15) is 37.5 Å². The van der Waals surface area contributed by atoms with Crippen LogP contribution in [0.4, 0.5) is 5.69 Å². The summed E-state index contributed by atoms with van der Waals surface area (Å²) in [5.41, 5.74) is 4.56. The molecule has 0 aromatic heterocycles. The van der Waals surface area contributed by atoms with E-state index in [4.69, 9.17) is 4.74 Å². The van der Waals surface area contributed by atoms with E-state index in [9.17, 15) is 9.59 Å². The van der Waals surface area contributed by atoms with E-state index in [-0.39, 0.29) is 48.3 Å². The zero-order chi connectivity index (χ0) is 25.3. The summed E-state index contributed by atoms with van der Waals surface area (Å²) in [6.45, 7) is 11.0. The van der Waals surface area contributed by atoms with Gasteiger partial charge in [-0.25, -0.2) is 0 Å². The fraction of sp³-hybridized carbons (Fsp3) is 0.517. The number of piperazine rings is 1. The number of nitrogens with one attached hydrogen (secondary N) is 1. The number of fused-ring (bicyclic) bond motifs is 1. The molecule has 7 nitrogen and oxygen atoms in total. The van der Waals surface area contributed by atoms with Gasteiger partial charge in [0, 0.05) is 49.9 Å². The molecule has 0 aliphatic carbocycles. The molecule has 3 aliphatic heterocycles. The van der Waals surface area contributed by atoms with Crippen LogP contribution in [0.2, 0.25) is 0 Å². The minimum Gasteiger partial charge on any atom is -0.378 e. The number of hydrogen-bond donors (Lipinski definition) is 1. The van der Waals surface area contributed by atoms with E-state index >= 15 is 0 Å². The van der Waals surface area contributed by atoms with Gasteiger partial charge in [-0.1, -0.05) is 56.3 Å². The molecule has 0 radical (unpaired) electrons. The molecule has 2 atom stereocenters. The van der Waals surface area contributed by atoms with Gasteiger partial charge in [0.1, 0.15) is 6.04 Å². The number of benzene rings is 2. The number of halogens is 1. The Kier molecular flexibility index (Phi) is 8.59. The van der Waals surface area contributed by atoms with Crippen molar-refractivity contribution in [2.45, 2.75) is 44.7 Å². The molecule has 2 aromatic carbocycles. The van der Waals surface area contributed by atoms with Crippen molar-refractivity contribution in [3.8, 4) is 0 Å². The fourth-order valence-electron chi connectivity index (χ4n) is 5.76. The van der Waals surface area contributed by atoms with E-state index < -0.39 is 0 Å². The summed E-state index contributed by atoms with van der Waals surface area (Å²) >= 11 is 0. The van der Waals surface area contributed by atoms with Gasteiger partial charge in [-0.2, -0.15) is 0 Å². The van der Waals surface area contributed by atoms with Crippen LogP contribution >= 0.6 is 12.4 Å². The van der Waals surface area contributed by atoms with Crippen molar-refractivity contribution in [1.29, 1.82) is 0 Å². The van der Waals surface area contributed by atoms with Gasteiger partial charge >= 0.3 is 0 Å². The van der Waals surface area contributed by atoms with Gasteiger partial charge in [0.05, 0.1) is 19.8 Å². The van der Waals surface area contributed by atoms with Crippen molar-refractivity contribution in [1.82, 2.24) is 15.1 Å². The van der Waals surface area contributed by atoms with E-state index in [1.807, 2.05) is 15.9 Å². The molecular weight excluding hydrogens is 488 g/mol. The lowest BCUT2D eigenvalue weighted by atomic mass is 9.86. The van der Waals surface area contributed by atoms with Gasteiger partial charge in [0.25, 0.3) is 0 Å². The van der Waals surface area contributed by atoms with Gasteiger partial charge in [0.15, 0.2) is 0 Å². The maximum Gasteiger partial charge on any atom is 0.241 e. The van der Waals surface area contributed by atoms with Crippen LogP contribution in [-0.4, -0.2) is 86.2 Å². The number of morpholine rings is 1. The predicted octanol–water partition coefficient (Wildman–Crippen LogP) is 2.84. The first-order chi connectivity index (χ1) is 17.3. The second-order valence-corrected chi connectivity index (χ2v) is 11.1. The molecule has 8 heteroatoms. The molecule has 2 amide bonds. The quantitative estimate of drug-likeness (QED) is 0.649. The molecule has 2 fully saturated rings. The Hall–Kier alpha value is -2.45. The number of ether oxygens (including phenoxy) is 1. The molecule has 3 heterocycles. The summed E-state index contributed by atoms with van der Waals surface area (Å²) in [7, 11) is 0. The third-order valence-corrected chi connectivity index (χ3v) is 7.74. The first kappa shape index (κ1) is 27.6. The maximum atomic E-state index is 13.8. The molecule has 2 saturated heterocycles. The van der Waals surface area contributed by atoms with E-state index in [0.717, 1.165) is 12.1 Å². The number of carbonyl (C=O) groups is 2. The molecule has 200 valence electrons. The third kappa shape index (κ3) is 6.01. The van der Waals surface area contributed by atoms with Crippen LogP contribution in [-0.2, 0) is 26.2 Å². The lowest BCUT2D eigenvalue weighted by Gasteiger charge is -2.41. The minimum absolute atomic E-state index is 0. The van der Waals surface area contributed by atoms with E-state index in [2.05, 4.69) is 73.5 Å². The van der Waals surface area contributed by atoms with E-state index in [1.54, 1.807) is 0 Å². The monoisotopic (exact) mass is 526 g/mol. The number of nitrogens with zero attached hydrogens (tertiary/aromatic N) is 3. The summed E-state index contributed by atoms with van der Waals surface area (Å²) in [6, 6.07) is 16.9. The summed E-state index contributed by atoms with van der Waals surface area (Å²) in [4.78, 5) is 33.1. The molecule has 1 N–H and O–H groups in total. The second-order valence-electron chi connectivity index (χ2n) is 11.1. The smallest absolute Gasteiger partial charge is 0.241 e. The van der Waals surface area contributed by atoms with Gasteiger partial charge in [-0.3, -0.25) is 14.5 Å². The highest BCUT2D eigenvalue weighted by Gasteiger charge is 2.41. The number of hydrogen-bond acceptors (Lipinski definition) is 5. The van der Waals surface area contributed by atoms with Gasteiger partial charge < -0.3 is 19.9 Å². The van der Waals surface area contributed by atoms with E-state index in [0.29, 0.717) is 45.9 Å². The average molecular weight is 527 g/mol. The van der Waals surface area contributed by atoms with Crippen LogP contribution in [0, 0.1) is 0 Å². The molecule has 0 saturated carbocycles. The summed E-state index contributed by atoms with van der Waals surface area (Å²) in [6.07, 6.45) is 0.835. The molecule has 0 spiro atoms. The highest BCUT2D eigenvalue weighted by Crippen LogP contribution is 2.41. The van der Waals surface area contributed by atoms with Crippen molar-refractivity contribution in [2.24, 2.45) is 0 Å². The Labute approximate surface area is 226 Å². The molecule has 2 aromatic rings. The largest absolute Gasteiger partial charge is 0.378 e. The standard InChI is InChI=1S/C29H38N4O3.ClH/c1-21-18-32(26(17-30-21)28(35)31-11-13-36-14-12-31)19-27(34)33-20-29(2,3)24-10-9-23(16-25(24)33)15-22-7-5-4-6-8-22;/h4-10,16,21,26,30H,11-15,17-20H2,1-3H3;1H/t21-,26-;/m1./s1. The first-order valence-corrected chi connectivity index (χ1v) is 13.1. The SMILES string of the molecule is C[C@@H]1CN(CC(=O)N2CC(C)(C)c3ccc(Cc4ccccc4)cc32)[C@@H](C(=O)N2CCOCC2)CN1.Cl. The van der Waals surface area contributed by atoms with Crippen molar-refractivity contribution < 1.29 is 14.3 Å². The molecule has 0 bridgehead atoms. The second kappa shape index (κ2) is 11.5. The Morgan fingerprint density at radius 3 is 2.51 bits per heavy atom. The van der Waals surface area contributed by atoms with Gasteiger partial charge in [-0.15, -0.1) is 12.4 Å². The predicted molar refractivity (Wildman–Crippen MR) is 149 cm³/mol. The number of carbonyl (C=O) groups excluding carboxylic acids is 2. The summed E-state index contributed by atoms with van der Waals surface area (Å²) in [5.74, 6) is 0.158. The van der Waals surface area contributed by atoms with Crippen LogP contribution in [0.3, 0.4) is 0 Å². The Morgan fingerprint density at radius 2 is 1.78 bits per heavy atom. The van der Waals surface area contributed by atoms with Crippen molar-refractivity contribution >= 4 is 29.9 Å². The summed E-state index contributed by atoms with van der Waals surface area (Å²) in [5, 5.41) is 3.44. The van der Waals surface area contributed by atoms with Crippen LogP contribution < -0.4 is 10.2 Å². The lowest BCUT2D eigenvalue weighted by Crippen LogP contribution is -2.63. The van der Waals surface area contributed by atoms with Crippen LogP contribution in [0.5, 0.6) is 0 Å². The zero-order valence-corrected chi connectivity index (χ0v) is 22.9. The van der Waals surface area contributed by atoms with E-state index in [1.165, 1.54) is 16.7 Å². The highest BCUT2D eigenvalue weighted by molar-refractivity contribution is 5.98. The lowest BCUT2D eigenvalue weighted by molar-refractivity contribution is -0.142. The molecular formula is C29H39ClN4O3. The number of anilines is 1. The van der Waals surface area contributed by atoms with Gasteiger partial charge in [0.2, 0.25) is 11.8 Å². The van der Waals surface area contributed by atoms with Crippen molar-refractivity contribution in [2.75, 3.05) is 57.4 Å². The molecule has 3 aliphatic rings. The Balaban J connectivity index is 0.00000320. The Morgan fingerprint density at radius 1 is 1.05 bits per heavy atom. The summed E-state index contributed by atoms with van der Waals surface area (Å²) < 4.78 is 5.43. The molecule has 0 unspecified atom stereocenters.